The fraction of sp³-hybridized carbons (Fsp3) is 0.333. The van der Waals surface area contributed by atoms with Gasteiger partial charge in [0.2, 0.25) is 0 Å². The summed E-state index contributed by atoms with van der Waals surface area (Å²) in [6.45, 7) is 1.31. The Morgan fingerprint density at radius 1 is 1.09 bits per heavy atom. The average Bonchev–Trinajstić information content (AvgIpc) is 3.09. The van der Waals surface area contributed by atoms with E-state index >= 15 is 0 Å². The Morgan fingerprint density at radius 3 is 2.27 bits per heavy atom. The number of piperidine rings is 1. The summed E-state index contributed by atoms with van der Waals surface area (Å²) < 4.78 is 1.84. The van der Waals surface area contributed by atoms with Crippen molar-refractivity contribution in [3.8, 4) is 0 Å². The summed E-state index contributed by atoms with van der Waals surface area (Å²) in [6.07, 6.45) is 4.89. The number of carbonyl (C=O) groups excluding carboxylic acids is 1. The van der Waals surface area contributed by atoms with Crippen molar-refractivity contribution in [1.29, 1.82) is 0 Å². The van der Waals surface area contributed by atoms with E-state index in [-0.39, 0.29) is 17.5 Å². The monoisotopic (exact) mass is 300 g/mol. The maximum Gasteiger partial charge on any atom is 0.335 e. The number of carboxylic acid groups (broad SMARTS) is 1. The molecular weight excluding hydrogens is 284 g/mol. The Balaban J connectivity index is 1.63. The highest BCUT2D eigenvalue weighted by molar-refractivity contribution is 5.95. The van der Waals surface area contributed by atoms with Crippen LogP contribution in [0.25, 0.3) is 0 Å². The summed E-state index contributed by atoms with van der Waals surface area (Å²) in [7, 11) is 0. The number of rotatable bonds is 3. The summed E-state index contributed by atoms with van der Waals surface area (Å²) in [6, 6.07) is 6.32. The van der Waals surface area contributed by atoms with Crippen molar-refractivity contribution in [1.82, 2.24) is 19.7 Å². The molecule has 2 heterocycles. The fourth-order valence-corrected chi connectivity index (χ4v) is 2.68. The molecule has 0 radical (unpaired) electrons. The third-order valence-electron chi connectivity index (χ3n) is 3.94. The van der Waals surface area contributed by atoms with Crippen molar-refractivity contribution in [3.63, 3.8) is 0 Å². The molecule has 7 heteroatoms. The molecule has 0 spiro atoms. The minimum absolute atomic E-state index is 0.0611. The predicted molar refractivity (Wildman–Crippen MR) is 77.6 cm³/mol. The Labute approximate surface area is 127 Å². The minimum atomic E-state index is -0.993. The molecule has 1 aliphatic rings. The van der Waals surface area contributed by atoms with Crippen LogP contribution in [0.4, 0.5) is 0 Å². The van der Waals surface area contributed by atoms with Gasteiger partial charge in [0.05, 0.1) is 11.6 Å². The SMILES string of the molecule is O=C(O)c1ccc(C(=O)N2CCC(n3cncn3)CC2)cc1. The molecule has 114 valence electrons. The van der Waals surface area contributed by atoms with Crippen molar-refractivity contribution >= 4 is 11.9 Å². The highest BCUT2D eigenvalue weighted by Gasteiger charge is 2.25. The smallest absolute Gasteiger partial charge is 0.335 e. The van der Waals surface area contributed by atoms with Crippen LogP contribution in [0.5, 0.6) is 0 Å². The maximum absolute atomic E-state index is 12.4. The average molecular weight is 300 g/mol. The maximum atomic E-state index is 12.4. The lowest BCUT2D eigenvalue weighted by Crippen LogP contribution is -2.39. The van der Waals surface area contributed by atoms with Crippen LogP contribution in [0.1, 0.15) is 39.6 Å². The number of amides is 1. The third kappa shape index (κ3) is 2.83. The molecule has 1 aliphatic heterocycles. The van der Waals surface area contributed by atoms with Crippen LogP contribution in [0.2, 0.25) is 0 Å². The highest BCUT2D eigenvalue weighted by Crippen LogP contribution is 2.22. The van der Waals surface area contributed by atoms with Crippen molar-refractivity contribution < 1.29 is 14.7 Å². The van der Waals surface area contributed by atoms with Crippen LogP contribution in [-0.2, 0) is 0 Å². The number of hydrogen-bond donors (Lipinski definition) is 1. The fourth-order valence-electron chi connectivity index (χ4n) is 2.68. The third-order valence-corrected chi connectivity index (χ3v) is 3.94. The first-order valence-electron chi connectivity index (χ1n) is 7.12. The second-order valence-electron chi connectivity index (χ2n) is 5.28. The van der Waals surface area contributed by atoms with Crippen LogP contribution >= 0.6 is 0 Å². The predicted octanol–water partition coefficient (Wildman–Crippen LogP) is 1.45. The van der Waals surface area contributed by atoms with Gasteiger partial charge in [-0.1, -0.05) is 0 Å². The summed E-state index contributed by atoms with van der Waals surface area (Å²) >= 11 is 0. The Bertz CT molecular complexity index is 659. The van der Waals surface area contributed by atoms with E-state index in [1.807, 2.05) is 4.68 Å². The van der Waals surface area contributed by atoms with E-state index in [4.69, 9.17) is 5.11 Å². The number of benzene rings is 1. The first-order chi connectivity index (χ1) is 10.6. The van der Waals surface area contributed by atoms with E-state index < -0.39 is 5.97 Å². The van der Waals surface area contributed by atoms with E-state index in [1.165, 1.54) is 18.5 Å². The zero-order valence-corrected chi connectivity index (χ0v) is 11.9. The number of nitrogens with zero attached hydrogens (tertiary/aromatic N) is 4. The number of carbonyl (C=O) groups is 2. The van der Waals surface area contributed by atoms with Gasteiger partial charge in [-0.25, -0.2) is 14.5 Å². The molecule has 0 bridgehead atoms. The van der Waals surface area contributed by atoms with Gasteiger partial charge in [0.1, 0.15) is 12.7 Å². The molecule has 2 aromatic rings. The lowest BCUT2D eigenvalue weighted by Gasteiger charge is -2.31. The zero-order valence-electron chi connectivity index (χ0n) is 11.9. The van der Waals surface area contributed by atoms with E-state index in [0.29, 0.717) is 18.7 Å². The molecule has 1 aromatic heterocycles. The van der Waals surface area contributed by atoms with Gasteiger partial charge in [-0.15, -0.1) is 0 Å². The quantitative estimate of drug-likeness (QED) is 0.927. The van der Waals surface area contributed by atoms with Gasteiger partial charge < -0.3 is 10.0 Å². The first-order valence-corrected chi connectivity index (χ1v) is 7.12. The molecule has 1 aromatic carbocycles. The number of aromatic nitrogens is 3. The molecule has 0 saturated carbocycles. The molecule has 1 amide bonds. The Hall–Kier alpha value is -2.70. The van der Waals surface area contributed by atoms with Gasteiger partial charge in [0.15, 0.2) is 0 Å². The van der Waals surface area contributed by atoms with Gasteiger partial charge in [0.25, 0.3) is 5.91 Å². The van der Waals surface area contributed by atoms with Crippen LogP contribution < -0.4 is 0 Å². The number of aromatic carboxylic acids is 1. The Morgan fingerprint density at radius 2 is 1.73 bits per heavy atom. The molecule has 0 unspecified atom stereocenters. The number of carboxylic acids is 1. The molecule has 3 rings (SSSR count). The van der Waals surface area contributed by atoms with Crippen LogP contribution in [0.15, 0.2) is 36.9 Å². The highest BCUT2D eigenvalue weighted by atomic mass is 16.4. The van der Waals surface area contributed by atoms with Gasteiger partial charge in [-0.3, -0.25) is 4.79 Å². The summed E-state index contributed by atoms with van der Waals surface area (Å²) in [4.78, 5) is 29.0. The van der Waals surface area contributed by atoms with Crippen molar-refractivity contribution in [3.05, 3.63) is 48.0 Å². The van der Waals surface area contributed by atoms with Crippen LogP contribution in [0.3, 0.4) is 0 Å². The van der Waals surface area contributed by atoms with E-state index in [2.05, 4.69) is 10.1 Å². The van der Waals surface area contributed by atoms with Crippen LogP contribution in [0, 0.1) is 0 Å². The second kappa shape index (κ2) is 5.97. The van der Waals surface area contributed by atoms with Crippen molar-refractivity contribution in [2.45, 2.75) is 18.9 Å². The van der Waals surface area contributed by atoms with E-state index in [9.17, 15) is 9.59 Å². The molecule has 0 aliphatic carbocycles. The van der Waals surface area contributed by atoms with Crippen molar-refractivity contribution in [2.75, 3.05) is 13.1 Å². The van der Waals surface area contributed by atoms with E-state index in [0.717, 1.165) is 12.8 Å². The summed E-state index contributed by atoms with van der Waals surface area (Å²) in [5.41, 5.74) is 0.700. The van der Waals surface area contributed by atoms with Crippen molar-refractivity contribution in [2.24, 2.45) is 0 Å². The second-order valence-corrected chi connectivity index (χ2v) is 5.28. The zero-order chi connectivity index (χ0) is 15.5. The van der Waals surface area contributed by atoms with Gasteiger partial charge >= 0.3 is 5.97 Å². The molecule has 22 heavy (non-hydrogen) atoms. The lowest BCUT2D eigenvalue weighted by molar-refractivity contribution is 0.0679. The molecule has 1 N–H and O–H groups in total. The van der Waals surface area contributed by atoms with E-state index in [1.54, 1.807) is 23.4 Å². The topological polar surface area (TPSA) is 88.3 Å². The Kier molecular flexibility index (Phi) is 3.86. The first kappa shape index (κ1) is 14.2. The molecule has 0 atom stereocenters. The van der Waals surface area contributed by atoms with Gasteiger partial charge in [-0.2, -0.15) is 5.10 Å². The molecule has 7 nitrogen and oxygen atoms in total. The molecular formula is C15H16N4O3. The molecule has 1 saturated heterocycles. The number of hydrogen-bond acceptors (Lipinski definition) is 4. The lowest BCUT2D eigenvalue weighted by atomic mass is 10.0. The number of likely N-dealkylation sites (tertiary alicyclic amines) is 1. The van der Waals surface area contributed by atoms with Gasteiger partial charge in [-0.05, 0) is 37.1 Å². The summed E-state index contributed by atoms with van der Waals surface area (Å²) in [5.74, 6) is -1.05. The standard InChI is InChI=1S/C15H16N4O3/c20-14(11-1-3-12(4-2-11)15(21)22)18-7-5-13(6-8-18)19-10-16-9-17-19/h1-4,9-10,13H,5-8H2,(H,21,22). The van der Waals surface area contributed by atoms with Crippen LogP contribution in [-0.4, -0.2) is 49.7 Å². The molecule has 1 fully saturated rings. The normalized spacial score (nSPS) is 15.7. The minimum Gasteiger partial charge on any atom is -0.478 e. The van der Waals surface area contributed by atoms with Gasteiger partial charge in [0, 0.05) is 18.7 Å². The largest absolute Gasteiger partial charge is 0.478 e. The summed E-state index contributed by atoms with van der Waals surface area (Å²) in [5, 5.41) is 13.0.